The highest BCUT2D eigenvalue weighted by atomic mass is 32.2. The van der Waals surface area contributed by atoms with Gasteiger partial charge in [0.05, 0.1) is 13.7 Å². The molecule has 21 heavy (non-hydrogen) atoms. The number of hydrogen-bond donors (Lipinski definition) is 1. The Morgan fingerprint density at radius 2 is 1.95 bits per heavy atom. The van der Waals surface area contributed by atoms with Crippen LogP contribution in [-0.2, 0) is 21.0 Å². The van der Waals surface area contributed by atoms with Crippen molar-refractivity contribution in [2.24, 2.45) is 5.73 Å². The maximum atomic E-state index is 12.1. The van der Waals surface area contributed by atoms with E-state index in [0.717, 1.165) is 17.0 Å². The number of nitrogens with two attached hydrogens (primary N) is 1. The lowest BCUT2D eigenvalue weighted by atomic mass is 10.1. The van der Waals surface area contributed by atoms with E-state index in [2.05, 4.69) is 4.18 Å². The maximum absolute atomic E-state index is 12.1. The molecule has 8 heteroatoms. The van der Waals surface area contributed by atoms with E-state index >= 15 is 0 Å². The van der Waals surface area contributed by atoms with Crippen LogP contribution >= 0.6 is 0 Å². The second-order valence-corrected chi connectivity index (χ2v) is 6.18. The normalized spacial score (nSPS) is 14.8. The molecule has 0 fully saturated rings. The van der Waals surface area contributed by atoms with Crippen LogP contribution in [-0.4, -0.2) is 43.7 Å². The van der Waals surface area contributed by atoms with Crippen LogP contribution < -0.4 is 5.73 Å². The molecule has 2 N–H and O–H groups in total. The molecule has 0 atom stereocenters. The predicted octanol–water partition coefficient (Wildman–Crippen LogP) is 0.266. The first kappa shape index (κ1) is 15.5. The fourth-order valence-electron chi connectivity index (χ4n) is 1.89. The van der Waals surface area contributed by atoms with Crippen molar-refractivity contribution in [1.82, 2.24) is 9.21 Å². The average Bonchev–Trinajstić information content (AvgIpc) is 2.96. The summed E-state index contributed by atoms with van der Waals surface area (Å²) >= 11 is 0. The molecule has 114 valence electrons. The van der Waals surface area contributed by atoms with Crippen molar-refractivity contribution in [2.75, 3.05) is 20.3 Å². The molecule has 0 bridgehead atoms. The van der Waals surface area contributed by atoms with Gasteiger partial charge in [-0.3, -0.25) is 8.98 Å². The third kappa shape index (κ3) is 3.60. The number of carbonyl (C=O) groups is 1. The highest BCUT2D eigenvalue weighted by Crippen LogP contribution is 2.13. The zero-order chi connectivity index (χ0) is 15.5. The Balaban J connectivity index is 1.97. The third-order valence-corrected chi connectivity index (χ3v) is 4.35. The van der Waals surface area contributed by atoms with Crippen LogP contribution in [0.4, 0.5) is 0 Å². The third-order valence-electron chi connectivity index (χ3n) is 3.12. The summed E-state index contributed by atoms with van der Waals surface area (Å²) in [5, 5.41) is 0. The Bertz CT molecular complexity index is 640. The molecule has 0 amide bonds. The highest BCUT2D eigenvalue weighted by molar-refractivity contribution is 7.84. The predicted molar refractivity (Wildman–Crippen MR) is 77.1 cm³/mol. The van der Waals surface area contributed by atoms with E-state index in [-0.39, 0.29) is 19.0 Å². The zero-order valence-corrected chi connectivity index (χ0v) is 12.4. The number of Topliss-reactive ketones (excluding diaryl/α,β-unsaturated/α-hetero) is 1. The molecule has 0 saturated carbocycles. The van der Waals surface area contributed by atoms with Gasteiger partial charge in [-0.15, -0.1) is 0 Å². The van der Waals surface area contributed by atoms with Gasteiger partial charge in [-0.2, -0.15) is 8.42 Å². The molecule has 0 aliphatic carbocycles. The molecule has 1 aromatic carbocycles. The molecule has 1 aliphatic rings. The van der Waals surface area contributed by atoms with Gasteiger partial charge in [0.1, 0.15) is 6.67 Å². The zero-order valence-electron chi connectivity index (χ0n) is 11.6. The van der Waals surface area contributed by atoms with Crippen molar-refractivity contribution >= 4 is 16.1 Å². The van der Waals surface area contributed by atoms with Gasteiger partial charge < -0.3 is 10.6 Å². The van der Waals surface area contributed by atoms with E-state index in [0.29, 0.717) is 12.1 Å². The smallest absolute Gasteiger partial charge is 0.350 e. The minimum atomic E-state index is -3.76. The van der Waals surface area contributed by atoms with Crippen molar-refractivity contribution in [3.05, 3.63) is 47.8 Å². The minimum Gasteiger partial charge on any atom is -0.350 e. The van der Waals surface area contributed by atoms with Crippen molar-refractivity contribution in [3.63, 3.8) is 0 Å². The average molecular weight is 311 g/mol. The molecule has 0 aromatic heterocycles. The van der Waals surface area contributed by atoms with Gasteiger partial charge in [-0.25, -0.2) is 4.31 Å². The van der Waals surface area contributed by atoms with Crippen LogP contribution in [0.3, 0.4) is 0 Å². The first-order valence-corrected chi connectivity index (χ1v) is 7.65. The van der Waals surface area contributed by atoms with Crippen LogP contribution in [0.1, 0.15) is 15.9 Å². The van der Waals surface area contributed by atoms with Gasteiger partial charge in [-0.1, -0.05) is 24.3 Å². The summed E-state index contributed by atoms with van der Waals surface area (Å²) in [6.45, 7) is 0.574. The summed E-state index contributed by atoms with van der Waals surface area (Å²) < 4.78 is 28.4. The summed E-state index contributed by atoms with van der Waals surface area (Å²) in [5.74, 6) is -0.0973. The van der Waals surface area contributed by atoms with E-state index in [1.807, 2.05) is 0 Å². The second kappa shape index (κ2) is 6.25. The topological polar surface area (TPSA) is 92.9 Å². The van der Waals surface area contributed by atoms with Crippen molar-refractivity contribution in [1.29, 1.82) is 0 Å². The summed E-state index contributed by atoms with van der Waals surface area (Å²) in [5.41, 5.74) is 7.01. The Labute approximate surface area is 123 Å². The summed E-state index contributed by atoms with van der Waals surface area (Å²) in [7, 11) is -2.67. The van der Waals surface area contributed by atoms with E-state index < -0.39 is 10.3 Å². The number of hydrogen-bond acceptors (Lipinski definition) is 6. The van der Waals surface area contributed by atoms with Crippen molar-refractivity contribution in [2.45, 2.75) is 6.54 Å². The summed E-state index contributed by atoms with van der Waals surface area (Å²) in [6, 6.07) is 7.03. The lowest BCUT2D eigenvalue weighted by molar-refractivity contribution is 0.0951. The molecule has 1 aromatic rings. The maximum Gasteiger partial charge on any atom is 0.363 e. The van der Waals surface area contributed by atoms with E-state index in [4.69, 9.17) is 5.73 Å². The van der Waals surface area contributed by atoms with Gasteiger partial charge >= 0.3 is 10.3 Å². The Morgan fingerprint density at radius 3 is 2.52 bits per heavy atom. The molecule has 0 radical (unpaired) electrons. The van der Waals surface area contributed by atoms with Gasteiger partial charge in [0.2, 0.25) is 0 Å². The molecule has 0 spiro atoms. The van der Waals surface area contributed by atoms with Crippen LogP contribution in [0.25, 0.3) is 0 Å². The Kier molecular flexibility index (Phi) is 4.61. The largest absolute Gasteiger partial charge is 0.363 e. The standard InChI is InChI=1S/C13H17N3O4S/c1-20-21(18,19)16-7-6-15(10-16)9-13(17)12-4-2-11(8-14)3-5-12/h2-7H,8-10,14H2,1H3. The lowest BCUT2D eigenvalue weighted by Crippen LogP contribution is -2.33. The SMILES string of the molecule is COS(=O)(=O)N1C=CN(CC(=O)c2ccc(CN)cc2)C1. The lowest BCUT2D eigenvalue weighted by Gasteiger charge is -2.19. The van der Waals surface area contributed by atoms with Crippen LogP contribution in [0.2, 0.25) is 0 Å². The molecule has 0 saturated heterocycles. The fourth-order valence-corrected chi connectivity index (χ4v) is 2.57. The van der Waals surface area contributed by atoms with Gasteiger partial charge in [0.25, 0.3) is 0 Å². The summed E-state index contributed by atoms with van der Waals surface area (Å²) in [4.78, 5) is 13.7. The first-order valence-electron chi connectivity index (χ1n) is 6.28. The van der Waals surface area contributed by atoms with E-state index in [9.17, 15) is 13.2 Å². The second-order valence-electron chi connectivity index (χ2n) is 4.52. The number of benzene rings is 1. The molecule has 2 rings (SSSR count). The molecule has 0 unspecified atom stereocenters. The highest BCUT2D eigenvalue weighted by Gasteiger charge is 2.25. The quantitative estimate of drug-likeness (QED) is 0.758. The number of carbonyl (C=O) groups excluding carboxylic acids is 1. The summed E-state index contributed by atoms with van der Waals surface area (Å²) in [6.07, 6.45) is 2.91. The molecular formula is C13H17N3O4S. The molecule has 1 heterocycles. The van der Waals surface area contributed by atoms with Crippen LogP contribution in [0.15, 0.2) is 36.7 Å². The number of ketones is 1. The first-order chi connectivity index (χ1) is 9.96. The number of nitrogens with zero attached hydrogens (tertiary/aromatic N) is 2. The van der Waals surface area contributed by atoms with Gasteiger partial charge in [0.15, 0.2) is 5.78 Å². The van der Waals surface area contributed by atoms with E-state index in [1.54, 1.807) is 35.4 Å². The molecule has 7 nitrogen and oxygen atoms in total. The fraction of sp³-hybridized carbons (Fsp3) is 0.308. The minimum absolute atomic E-state index is 0.0583. The van der Waals surface area contributed by atoms with Gasteiger partial charge in [-0.05, 0) is 5.56 Å². The Morgan fingerprint density at radius 1 is 1.29 bits per heavy atom. The van der Waals surface area contributed by atoms with Crippen LogP contribution in [0.5, 0.6) is 0 Å². The number of rotatable bonds is 6. The van der Waals surface area contributed by atoms with Gasteiger partial charge in [0, 0.05) is 24.5 Å². The Hall–Kier alpha value is -1.90. The molecule has 1 aliphatic heterocycles. The van der Waals surface area contributed by atoms with Crippen molar-refractivity contribution < 1.29 is 17.4 Å². The molecular weight excluding hydrogens is 294 g/mol. The monoisotopic (exact) mass is 311 g/mol. The van der Waals surface area contributed by atoms with Crippen molar-refractivity contribution in [3.8, 4) is 0 Å². The van der Waals surface area contributed by atoms with Crippen LogP contribution in [0, 0.1) is 0 Å². The van der Waals surface area contributed by atoms with E-state index in [1.165, 1.54) is 6.20 Å².